The second-order valence-corrected chi connectivity index (χ2v) is 7.73. The molecule has 3 fully saturated rings. The van der Waals surface area contributed by atoms with Gasteiger partial charge in [0.25, 0.3) is 0 Å². The maximum absolute atomic E-state index is 12.8. The third-order valence-electron chi connectivity index (χ3n) is 5.47. The van der Waals surface area contributed by atoms with Gasteiger partial charge in [-0.2, -0.15) is 0 Å². The molecular formula is C21H28N2O4. The van der Waals surface area contributed by atoms with Crippen molar-refractivity contribution in [2.45, 2.75) is 39.3 Å². The molecule has 1 aromatic rings. The number of carboxylic acids is 1. The average Bonchev–Trinajstić information content (AvgIpc) is 2.90. The predicted octanol–water partition coefficient (Wildman–Crippen LogP) is 2.78. The van der Waals surface area contributed by atoms with Crippen LogP contribution >= 0.6 is 0 Å². The van der Waals surface area contributed by atoms with Crippen molar-refractivity contribution in [3.63, 3.8) is 0 Å². The SMILES string of the molecule is COc1ccc(CN2C[C@@H]3CC[C@H](C2)N(CC=C(C)C)C3=O)cc1C(=O)O. The van der Waals surface area contributed by atoms with Crippen LogP contribution in [0.15, 0.2) is 29.8 Å². The number of aromatic carboxylic acids is 1. The maximum Gasteiger partial charge on any atom is 0.339 e. The number of allylic oxidation sites excluding steroid dienone is 1. The fourth-order valence-electron chi connectivity index (χ4n) is 4.06. The van der Waals surface area contributed by atoms with E-state index in [1.165, 1.54) is 12.7 Å². The van der Waals surface area contributed by atoms with Gasteiger partial charge in [0.2, 0.25) is 5.91 Å². The molecule has 2 bridgehead atoms. The quantitative estimate of drug-likeness (QED) is 0.778. The van der Waals surface area contributed by atoms with Crippen LogP contribution in [0.1, 0.15) is 42.6 Å². The van der Waals surface area contributed by atoms with E-state index in [-0.39, 0.29) is 23.4 Å². The Bertz CT molecular complexity index is 755. The van der Waals surface area contributed by atoms with Crippen molar-refractivity contribution in [1.82, 2.24) is 9.80 Å². The van der Waals surface area contributed by atoms with Crippen molar-refractivity contribution < 1.29 is 19.4 Å². The van der Waals surface area contributed by atoms with Crippen molar-refractivity contribution in [1.29, 1.82) is 0 Å². The summed E-state index contributed by atoms with van der Waals surface area (Å²) >= 11 is 0. The van der Waals surface area contributed by atoms with Crippen molar-refractivity contribution in [3.05, 3.63) is 41.0 Å². The zero-order valence-corrected chi connectivity index (χ0v) is 16.3. The van der Waals surface area contributed by atoms with Crippen LogP contribution in [0.4, 0.5) is 0 Å². The third-order valence-corrected chi connectivity index (χ3v) is 5.47. The molecule has 27 heavy (non-hydrogen) atoms. The molecule has 3 saturated heterocycles. The number of piperidine rings is 1. The monoisotopic (exact) mass is 372 g/mol. The van der Waals surface area contributed by atoms with E-state index < -0.39 is 5.97 Å². The average molecular weight is 372 g/mol. The number of nitrogens with zero attached hydrogens (tertiary/aromatic N) is 2. The van der Waals surface area contributed by atoms with Crippen molar-refractivity contribution >= 4 is 11.9 Å². The molecule has 4 rings (SSSR count). The molecule has 1 amide bonds. The largest absolute Gasteiger partial charge is 0.496 e. The van der Waals surface area contributed by atoms with E-state index in [2.05, 4.69) is 24.8 Å². The lowest BCUT2D eigenvalue weighted by Gasteiger charge is -2.35. The summed E-state index contributed by atoms with van der Waals surface area (Å²) in [6, 6.07) is 5.51. The number of hydrogen-bond donors (Lipinski definition) is 1. The molecule has 2 atom stereocenters. The molecule has 0 radical (unpaired) electrons. The summed E-state index contributed by atoms with van der Waals surface area (Å²) in [6.45, 7) is 6.98. The van der Waals surface area contributed by atoms with Crippen LogP contribution in [0.3, 0.4) is 0 Å². The number of fused-ring (bicyclic) bond motifs is 4. The van der Waals surface area contributed by atoms with Gasteiger partial charge in [0.05, 0.1) is 13.0 Å². The summed E-state index contributed by atoms with van der Waals surface area (Å²) in [5.41, 5.74) is 2.33. The van der Waals surface area contributed by atoms with Crippen molar-refractivity contribution in [3.8, 4) is 5.75 Å². The van der Waals surface area contributed by atoms with Crippen LogP contribution in [-0.4, -0.2) is 59.6 Å². The molecule has 0 spiro atoms. The number of methoxy groups -OCH3 is 1. The lowest BCUT2D eigenvalue weighted by Crippen LogP contribution is -2.47. The zero-order chi connectivity index (χ0) is 19.6. The summed E-state index contributed by atoms with van der Waals surface area (Å²) < 4.78 is 5.14. The van der Waals surface area contributed by atoms with Crippen LogP contribution in [0.25, 0.3) is 0 Å². The first-order valence-electron chi connectivity index (χ1n) is 9.45. The van der Waals surface area contributed by atoms with E-state index in [1.807, 2.05) is 11.0 Å². The van der Waals surface area contributed by atoms with E-state index in [0.29, 0.717) is 18.8 Å². The van der Waals surface area contributed by atoms with E-state index in [4.69, 9.17) is 4.74 Å². The first kappa shape index (κ1) is 19.4. The minimum absolute atomic E-state index is 0.0338. The highest BCUT2D eigenvalue weighted by Gasteiger charge is 2.40. The number of rotatable bonds is 6. The Morgan fingerprint density at radius 1 is 1.30 bits per heavy atom. The molecule has 0 unspecified atom stereocenters. The highest BCUT2D eigenvalue weighted by Crippen LogP contribution is 2.30. The van der Waals surface area contributed by atoms with Gasteiger partial charge in [-0.05, 0) is 44.4 Å². The number of carbonyl (C=O) groups is 2. The van der Waals surface area contributed by atoms with Crippen LogP contribution in [0.5, 0.6) is 5.75 Å². The van der Waals surface area contributed by atoms with Crippen LogP contribution in [0.2, 0.25) is 0 Å². The number of ether oxygens (including phenoxy) is 1. The lowest BCUT2D eigenvalue weighted by atomic mass is 9.94. The fraction of sp³-hybridized carbons (Fsp3) is 0.524. The highest BCUT2D eigenvalue weighted by atomic mass is 16.5. The highest BCUT2D eigenvalue weighted by molar-refractivity contribution is 5.91. The summed E-state index contributed by atoms with van der Waals surface area (Å²) in [5.74, 6) is -0.336. The molecule has 0 aromatic heterocycles. The Kier molecular flexibility index (Phi) is 5.85. The third kappa shape index (κ3) is 4.33. The van der Waals surface area contributed by atoms with E-state index in [1.54, 1.807) is 12.1 Å². The maximum atomic E-state index is 12.8. The van der Waals surface area contributed by atoms with E-state index in [9.17, 15) is 14.7 Å². The molecule has 146 valence electrons. The van der Waals surface area contributed by atoms with Crippen molar-refractivity contribution in [2.24, 2.45) is 5.92 Å². The molecule has 3 heterocycles. The molecule has 0 saturated carbocycles. The molecule has 6 heteroatoms. The molecular weight excluding hydrogens is 344 g/mol. The Labute approximate surface area is 160 Å². The number of carboxylic acid groups (broad SMARTS) is 1. The number of carbonyl (C=O) groups excluding carboxylic acids is 1. The molecule has 1 N–H and O–H groups in total. The molecule has 3 aliphatic rings. The number of amides is 1. The van der Waals surface area contributed by atoms with Gasteiger partial charge < -0.3 is 14.7 Å². The topological polar surface area (TPSA) is 70.1 Å². The molecule has 1 aromatic carbocycles. The van der Waals surface area contributed by atoms with Crippen molar-refractivity contribution in [2.75, 3.05) is 26.7 Å². The van der Waals surface area contributed by atoms with Gasteiger partial charge in [-0.1, -0.05) is 17.7 Å². The Morgan fingerprint density at radius 2 is 2.07 bits per heavy atom. The number of benzene rings is 1. The predicted molar refractivity (Wildman–Crippen MR) is 103 cm³/mol. The van der Waals surface area contributed by atoms with Gasteiger partial charge in [-0.3, -0.25) is 9.69 Å². The minimum Gasteiger partial charge on any atom is -0.496 e. The Balaban J connectivity index is 1.76. The van der Waals surface area contributed by atoms with Gasteiger partial charge in [-0.15, -0.1) is 0 Å². The van der Waals surface area contributed by atoms with Gasteiger partial charge in [0, 0.05) is 32.2 Å². The van der Waals surface area contributed by atoms with E-state index >= 15 is 0 Å². The molecule has 3 aliphatic heterocycles. The van der Waals surface area contributed by atoms with Gasteiger partial charge in [0.1, 0.15) is 11.3 Å². The summed E-state index contributed by atoms with van der Waals surface area (Å²) in [7, 11) is 1.47. The number of hydrogen-bond acceptors (Lipinski definition) is 4. The molecule has 6 nitrogen and oxygen atoms in total. The first-order valence-corrected chi connectivity index (χ1v) is 9.45. The van der Waals surface area contributed by atoms with E-state index in [0.717, 1.165) is 31.5 Å². The van der Waals surface area contributed by atoms with Gasteiger partial charge >= 0.3 is 5.97 Å². The smallest absolute Gasteiger partial charge is 0.339 e. The minimum atomic E-state index is -0.993. The fourth-order valence-corrected chi connectivity index (χ4v) is 4.06. The second-order valence-electron chi connectivity index (χ2n) is 7.73. The van der Waals surface area contributed by atoms with Crippen LogP contribution in [-0.2, 0) is 11.3 Å². The lowest BCUT2D eigenvalue weighted by molar-refractivity contribution is -0.139. The summed E-state index contributed by atoms with van der Waals surface area (Å²) in [6.07, 6.45) is 4.09. The normalized spacial score (nSPS) is 22.5. The first-order chi connectivity index (χ1) is 12.9. The Hall–Kier alpha value is -2.34. The van der Waals surface area contributed by atoms with Gasteiger partial charge in [-0.25, -0.2) is 4.79 Å². The van der Waals surface area contributed by atoms with Crippen LogP contribution < -0.4 is 4.74 Å². The molecule has 0 aliphatic carbocycles. The Morgan fingerprint density at radius 3 is 2.74 bits per heavy atom. The zero-order valence-electron chi connectivity index (χ0n) is 16.3. The standard InChI is InChI=1S/C21H28N2O4/c1-14(2)8-9-23-17-6-5-16(20(23)24)12-22(13-17)11-15-4-7-19(27-3)18(10-15)21(25)26/h4,7-8,10,16-17H,5-6,9,11-13H2,1-3H3,(H,25,26)/t16-,17+/m0/s1. The summed E-state index contributed by atoms with van der Waals surface area (Å²) in [5, 5.41) is 9.39. The van der Waals surface area contributed by atoms with Crippen LogP contribution in [0, 0.1) is 5.92 Å². The second kappa shape index (κ2) is 8.13. The summed E-state index contributed by atoms with van der Waals surface area (Å²) in [4.78, 5) is 28.6. The van der Waals surface area contributed by atoms with Gasteiger partial charge in [0.15, 0.2) is 0 Å².